The van der Waals surface area contributed by atoms with Gasteiger partial charge < -0.3 is 16.4 Å². The molecule has 0 saturated heterocycles. The highest BCUT2D eigenvalue weighted by atomic mass is 35.5. The van der Waals surface area contributed by atoms with E-state index < -0.39 is 0 Å². The van der Waals surface area contributed by atoms with E-state index in [1.54, 1.807) is 12.1 Å². The predicted octanol–water partition coefficient (Wildman–Crippen LogP) is 1.96. The Bertz CT molecular complexity index is 491. The molecule has 0 spiro atoms. The Morgan fingerprint density at radius 2 is 2.10 bits per heavy atom. The number of hydrogen-bond donors (Lipinski definition) is 3. The molecule has 1 unspecified atom stereocenters. The Morgan fingerprint density at radius 1 is 1.40 bits per heavy atom. The van der Waals surface area contributed by atoms with Gasteiger partial charge in [0.15, 0.2) is 0 Å². The number of carbonyl (C=O) groups is 2. The summed E-state index contributed by atoms with van der Waals surface area (Å²) < 4.78 is 0. The molecule has 2 amide bonds. The normalized spacial score (nSPS) is 11.8. The molecule has 110 valence electrons. The molecule has 4 N–H and O–H groups in total. The first kappa shape index (κ1) is 16.3. The fourth-order valence-electron chi connectivity index (χ4n) is 1.57. The molecular weight excluding hydrogens is 278 g/mol. The summed E-state index contributed by atoms with van der Waals surface area (Å²) in [5.41, 5.74) is 6.39. The van der Waals surface area contributed by atoms with E-state index in [2.05, 4.69) is 10.6 Å². The molecular formula is C14H20ClN3O2. The standard InChI is InChI=1S/C14H20ClN3O2/c1-3-9(2)18-13(19)6-7-17-14(20)11-5-4-10(15)8-12(11)16/h4-5,8-9H,3,6-7,16H2,1-2H3,(H,17,20)(H,18,19). The summed E-state index contributed by atoms with van der Waals surface area (Å²) in [7, 11) is 0. The smallest absolute Gasteiger partial charge is 0.253 e. The highest BCUT2D eigenvalue weighted by Gasteiger charge is 2.11. The minimum Gasteiger partial charge on any atom is -0.398 e. The number of nitrogens with two attached hydrogens (primary N) is 1. The van der Waals surface area contributed by atoms with E-state index in [1.165, 1.54) is 6.07 Å². The van der Waals surface area contributed by atoms with Crippen molar-refractivity contribution >= 4 is 29.1 Å². The van der Waals surface area contributed by atoms with Crippen molar-refractivity contribution in [1.29, 1.82) is 0 Å². The van der Waals surface area contributed by atoms with Crippen molar-refractivity contribution in [3.8, 4) is 0 Å². The van der Waals surface area contributed by atoms with Crippen LogP contribution in [-0.4, -0.2) is 24.4 Å². The Morgan fingerprint density at radius 3 is 2.70 bits per heavy atom. The molecule has 0 radical (unpaired) electrons. The van der Waals surface area contributed by atoms with Gasteiger partial charge in [0.25, 0.3) is 5.91 Å². The number of carbonyl (C=O) groups excluding carboxylic acids is 2. The van der Waals surface area contributed by atoms with Crippen LogP contribution in [0.1, 0.15) is 37.0 Å². The lowest BCUT2D eigenvalue weighted by Gasteiger charge is -2.12. The number of nitrogen functional groups attached to an aromatic ring is 1. The van der Waals surface area contributed by atoms with Gasteiger partial charge in [0, 0.05) is 29.7 Å². The van der Waals surface area contributed by atoms with Crippen LogP contribution in [0.2, 0.25) is 5.02 Å². The van der Waals surface area contributed by atoms with Crippen molar-refractivity contribution in [2.45, 2.75) is 32.7 Å². The summed E-state index contributed by atoms with van der Waals surface area (Å²) in [5, 5.41) is 5.97. The van der Waals surface area contributed by atoms with Crippen LogP contribution in [0.25, 0.3) is 0 Å². The lowest BCUT2D eigenvalue weighted by atomic mass is 10.1. The van der Waals surface area contributed by atoms with Crippen LogP contribution in [0.3, 0.4) is 0 Å². The average Bonchev–Trinajstić information content (AvgIpc) is 2.38. The molecule has 0 aliphatic carbocycles. The molecule has 0 aromatic heterocycles. The number of nitrogens with one attached hydrogen (secondary N) is 2. The highest BCUT2D eigenvalue weighted by molar-refractivity contribution is 6.31. The molecule has 0 fully saturated rings. The van der Waals surface area contributed by atoms with Crippen LogP contribution >= 0.6 is 11.6 Å². The number of hydrogen-bond acceptors (Lipinski definition) is 3. The topological polar surface area (TPSA) is 84.2 Å². The second kappa shape index (κ2) is 7.75. The van der Waals surface area contributed by atoms with E-state index in [1.807, 2.05) is 13.8 Å². The molecule has 0 aliphatic rings. The van der Waals surface area contributed by atoms with E-state index in [4.69, 9.17) is 17.3 Å². The van der Waals surface area contributed by atoms with Gasteiger partial charge in [0.05, 0.1) is 5.56 Å². The molecule has 20 heavy (non-hydrogen) atoms. The summed E-state index contributed by atoms with van der Waals surface area (Å²) in [6.45, 7) is 4.20. The second-order valence-corrected chi connectivity index (χ2v) is 5.05. The summed E-state index contributed by atoms with van der Waals surface area (Å²) in [6.07, 6.45) is 1.11. The Balaban J connectivity index is 2.42. The molecule has 5 nitrogen and oxygen atoms in total. The van der Waals surface area contributed by atoms with Gasteiger partial charge in [-0.05, 0) is 31.5 Å². The third-order valence-electron chi connectivity index (χ3n) is 2.92. The first-order chi connectivity index (χ1) is 9.43. The molecule has 1 rings (SSSR count). The highest BCUT2D eigenvalue weighted by Crippen LogP contribution is 2.17. The van der Waals surface area contributed by atoms with E-state index in [9.17, 15) is 9.59 Å². The fourth-order valence-corrected chi connectivity index (χ4v) is 1.75. The molecule has 1 aromatic carbocycles. The van der Waals surface area contributed by atoms with E-state index in [-0.39, 0.29) is 30.8 Å². The summed E-state index contributed by atoms with van der Waals surface area (Å²) in [4.78, 5) is 23.4. The third kappa shape index (κ3) is 5.09. The van der Waals surface area contributed by atoms with Crippen molar-refractivity contribution in [3.63, 3.8) is 0 Å². The zero-order valence-electron chi connectivity index (χ0n) is 11.7. The summed E-state index contributed by atoms with van der Waals surface area (Å²) in [6, 6.07) is 4.82. The zero-order valence-corrected chi connectivity index (χ0v) is 12.5. The first-order valence-corrected chi connectivity index (χ1v) is 6.94. The summed E-state index contributed by atoms with van der Waals surface area (Å²) >= 11 is 5.77. The maximum absolute atomic E-state index is 11.9. The van der Waals surface area contributed by atoms with Gasteiger partial charge in [-0.15, -0.1) is 0 Å². The van der Waals surface area contributed by atoms with Gasteiger partial charge >= 0.3 is 0 Å². The van der Waals surface area contributed by atoms with Crippen LogP contribution in [0.15, 0.2) is 18.2 Å². The van der Waals surface area contributed by atoms with Crippen molar-refractivity contribution in [2.75, 3.05) is 12.3 Å². The molecule has 1 atom stereocenters. The largest absolute Gasteiger partial charge is 0.398 e. The van der Waals surface area contributed by atoms with Gasteiger partial charge in [-0.2, -0.15) is 0 Å². The van der Waals surface area contributed by atoms with Crippen molar-refractivity contribution in [2.24, 2.45) is 0 Å². The monoisotopic (exact) mass is 297 g/mol. The van der Waals surface area contributed by atoms with Gasteiger partial charge in [-0.25, -0.2) is 0 Å². The number of amides is 2. The van der Waals surface area contributed by atoms with Crippen LogP contribution in [-0.2, 0) is 4.79 Å². The molecule has 0 heterocycles. The van der Waals surface area contributed by atoms with E-state index in [0.717, 1.165) is 6.42 Å². The van der Waals surface area contributed by atoms with E-state index >= 15 is 0 Å². The number of benzene rings is 1. The van der Waals surface area contributed by atoms with Crippen LogP contribution < -0.4 is 16.4 Å². The molecule has 0 bridgehead atoms. The number of anilines is 1. The third-order valence-corrected chi connectivity index (χ3v) is 3.15. The van der Waals surface area contributed by atoms with Crippen LogP contribution in [0.4, 0.5) is 5.69 Å². The van der Waals surface area contributed by atoms with E-state index in [0.29, 0.717) is 16.3 Å². The average molecular weight is 298 g/mol. The predicted molar refractivity (Wildman–Crippen MR) is 80.7 cm³/mol. The van der Waals surface area contributed by atoms with Gasteiger partial charge in [-0.3, -0.25) is 9.59 Å². The zero-order chi connectivity index (χ0) is 15.1. The quantitative estimate of drug-likeness (QED) is 0.702. The summed E-state index contributed by atoms with van der Waals surface area (Å²) in [5.74, 6) is -0.390. The minimum atomic E-state index is -0.310. The minimum absolute atomic E-state index is 0.0799. The maximum Gasteiger partial charge on any atom is 0.253 e. The maximum atomic E-state index is 11.9. The Kier molecular flexibility index (Phi) is 6.31. The number of rotatable bonds is 6. The lowest BCUT2D eigenvalue weighted by Crippen LogP contribution is -2.35. The molecule has 6 heteroatoms. The Hall–Kier alpha value is -1.75. The fraction of sp³-hybridized carbons (Fsp3) is 0.429. The molecule has 1 aromatic rings. The SMILES string of the molecule is CCC(C)NC(=O)CCNC(=O)c1ccc(Cl)cc1N. The lowest BCUT2D eigenvalue weighted by molar-refractivity contribution is -0.121. The van der Waals surface area contributed by atoms with Crippen LogP contribution in [0, 0.1) is 0 Å². The van der Waals surface area contributed by atoms with Crippen molar-refractivity contribution in [3.05, 3.63) is 28.8 Å². The van der Waals surface area contributed by atoms with Gasteiger partial charge in [0.2, 0.25) is 5.91 Å². The molecule has 0 aliphatic heterocycles. The second-order valence-electron chi connectivity index (χ2n) is 4.61. The van der Waals surface area contributed by atoms with Crippen LogP contribution in [0.5, 0.6) is 0 Å². The molecule has 0 saturated carbocycles. The Labute approximate surface area is 123 Å². The van der Waals surface area contributed by atoms with Crippen molar-refractivity contribution in [1.82, 2.24) is 10.6 Å². The van der Waals surface area contributed by atoms with Crippen molar-refractivity contribution < 1.29 is 9.59 Å². The van der Waals surface area contributed by atoms with Gasteiger partial charge in [0.1, 0.15) is 0 Å². The van der Waals surface area contributed by atoms with Gasteiger partial charge in [-0.1, -0.05) is 18.5 Å². The first-order valence-electron chi connectivity index (χ1n) is 6.56. The number of halogens is 1.